The van der Waals surface area contributed by atoms with Gasteiger partial charge in [0.1, 0.15) is 0 Å². The van der Waals surface area contributed by atoms with E-state index in [0.29, 0.717) is 6.42 Å². The van der Waals surface area contributed by atoms with Crippen molar-refractivity contribution in [2.45, 2.75) is 26.3 Å². The fourth-order valence-corrected chi connectivity index (χ4v) is 2.03. The van der Waals surface area contributed by atoms with Gasteiger partial charge in [0.05, 0.1) is 18.5 Å². The van der Waals surface area contributed by atoms with Crippen LogP contribution < -0.4 is 5.73 Å². The quantitative estimate of drug-likeness (QED) is 0.759. The standard InChI is InChI=1S/C9H12N2S/c1-6-5-9(12-7(6)2)8(11)3-4-10/h5,8H,3,11H2,1-2H3. The van der Waals surface area contributed by atoms with Crippen LogP contribution in [0.15, 0.2) is 6.07 Å². The van der Waals surface area contributed by atoms with Gasteiger partial charge in [-0.05, 0) is 25.5 Å². The predicted octanol–water partition coefficient (Wildman–Crippen LogP) is 2.28. The van der Waals surface area contributed by atoms with Crippen LogP contribution in [0.25, 0.3) is 0 Å². The van der Waals surface area contributed by atoms with Crippen LogP contribution in [0.2, 0.25) is 0 Å². The van der Waals surface area contributed by atoms with Crippen molar-refractivity contribution >= 4 is 11.3 Å². The summed E-state index contributed by atoms with van der Waals surface area (Å²) in [4.78, 5) is 2.41. The molecule has 1 heterocycles. The molecule has 3 heteroatoms. The highest BCUT2D eigenvalue weighted by atomic mass is 32.1. The van der Waals surface area contributed by atoms with E-state index in [0.717, 1.165) is 4.88 Å². The van der Waals surface area contributed by atoms with E-state index in [-0.39, 0.29) is 6.04 Å². The fraction of sp³-hybridized carbons (Fsp3) is 0.444. The summed E-state index contributed by atoms with van der Waals surface area (Å²) in [7, 11) is 0. The average molecular weight is 180 g/mol. The third kappa shape index (κ3) is 1.84. The van der Waals surface area contributed by atoms with Gasteiger partial charge in [0.15, 0.2) is 0 Å². The molecule has 1 atom stereocenters. The lowest BCUT2D eigenvalue weighted by Crippen LogP contribution is -2.06. The van der Waals surface area contributed by atoms with Gasteiger partial charge in [-0.3, -0.25) is 0 Å². The van der Waals surface area contributed by atoms with Crippen molar-refractivity contribution < 1.29 is 0 Å². The third-order valence-corrected chi connectivity index (χ3v) is 3.15. The van der Waals surface area contributed by atoms with E-state index in [4.69, 9.17) is 11.0 Å². The monoisotopic (exact) mass is 180 g/mol. The molecule has 0 aliphatic heterocycles. The normalized spacial score (nSPS) is 12.5. The molecule has 0 fully saturated rings. The molecule has 0 aliphatic rings. The van der Waals surface area contributed by atoms with Crippen LogP contribution in [0, 0.1) is 25.2 Å². The molecule has 0 aromatic carbocycles. The molecule has 2 nitrogen and oxygen atoms in total. The molecule has 64 valence electrons. The van der Waals surface area contributed by atoms with Crippen molar-refractivity contribution in [1.29, 1.82) is 5.26 Å². The number of hydrogen-bond acceptors (Lipinski definition) is 3. The Labute approximate surface area is 76.6 Å². The summed E-state index contributed by atoms with van der Waals surface area (Å²) in [6.45, 7) is 4.14. The van der Waals surface area contributed by atoms with Crippen molar-refractivity contribution in [3.8, 4) is 6.07 Å². The second-order valence-corrected chi connectivity index (χ2v) is 4.14. The molecule has 1 aromatic heterocycles. The molecule has 0 bridgehead atoms. The molecular formula is C9H12N2S. The number of nitriles is 1. The Morgan fingerprint density at radius 3 is 2.75 bits per heavy atom. The zero-order valence-corrected chi connectivity index (χ0v) is 8.11. The molecule has 1 aromatic rings. The highest BCUT2D eigenvalue weighted by Gasteiger charge is 2.09. The highest BCUT2D eigenvalue weighted by molar-refractivity contribution is 7.12. The molecular weight excluding hydrogens is 168 g/mol. The Morgan fingerprint density at radius 1 is 1.67 bits per heavy atom. The zero-order chi connectivity index (χ0) is 9.14. The van der Waals surface area contributed by atoms with Crippen LogP contribution in [-0.4, -0.2) is 0 Å². The van der Waals surface area contributed by atoms with Crippen LogP contribution >= 0.6 is 11.3 Å². The van der Waals surface area contributed by atoms with E-state index in [1.165, 1.54) is 10.4 Å². The molecule has 0 saturated carbocycles. The Morgan fingerprint density at radius 2 is 2.33 bits per heavy atom. The van der Waals surface area contributed by atoms with E-state index in [2.05, 4.69) is 26.0 Å². The Hall–Kier alpha value is -0.850. The van der Waals surface area contributed by atoms with Crippen LogP contribution in [0.3, 0.4) is 0 Å². The molecule has 0 amide bonds. The largest absolute Gasteiger partial charge is 0.322 e. The molecule has 0 radical (unpaired) electrons. The second-order valence-electron chi connectivity index (χ2n) is 2.86. The Bertz CT molecular complexity index is 289. The van der Waals surface area contributed by atoms with Crippen molar-refractivity contribution in [2.75, 3.05) is 0 Å². The van der Waals surface area contributed by atoms with E-state index >= 15 is 0 Å². The average Bonchev–Trinajstić information content (AvgIpc) is 2.33. The Kier molecular flexibility index (Phi) is 2.85. The lowest BCUT2D eigenvalue weighted by molar-refractivity contribution is 0.764. The van der Waals surface area contributed by atoms with Gasteiger partial charge in [0.2, 0.25) is 0 Å². The molecule has 12 heavy (non-hydrogen) atoms. The minimum atomic E-state index is -0.104. The second kappa shape index (κ2) is 3.70. The van der Waals surface area contributed by atoms with Gasteiger partial charge in [-0.15, -0.1) is 11.3 Å². The first-order valence-electron chi connectivity index (χ1n) is 3.84. The Balaban J connectivity index is 2.83. The van der Waals surface area contributed by atoms with Gasteiger partial charge < -0.3 is 5.73 Å². The molecule has 1 rings (SSSR count). The number of thiophene rings is 1. The van der Waals surface area contributed by atoms with Crippen LogP contribution in [0.5, 0.6) is 0 Å². The summed E-state index contributed by atoms with van der Waals surface area (Å²) >= 11 is 1.69. The van der Waals surface area contributed by atoms with Crippen molar-refractivity contribution in [2.24, 2.45) is 5.73 Å². The molecule has 0 saturated heterocycles. The van der Waals surface area contributed by atoms with Crippen LogP contribution in [0.1, 0.15) is 27.8 Å². The molecule has 0 spiro atoms. The molecule has 1 unspecified atom stereocenters. The maximum Gasteiger partial charge on any atom is 0.0642 e. The summed E-state index contributed by atoms with van der Waals surface area (Å²) < 4.78 is 0. The number of nitrogens with zero attached hydrogens (tertiary/aromatic N) is 1. The van der Waals surface area contributed by atoms with Gasteiger partial charge in [-0.1, -0.05) is 0 Å². The lowest BCUT2D eigenvalue weighted by Gasteiger charge is -2.01. The van der Waals surface area contributed by atoms with Gasteiger partial charge in [0.25, 0.3) is 0 Å². The zero-order valence-electron chi connectivity index (χ0n) is 7.29. The summed E-state index contributed by atoms with van der Waals surface area (Å²) in [6, 6.07) is 4.04. The third-order valence-electron chi connectivity index (χ3n) is 1.86. The van der Waals surface area contributed by atoms with E-state index in [9.17, 15) is 0 Å². The SMILES string of the molecule is Cc1cc(C(N)CC#N)sc1C. The van der Waals surface area contributed by atoms with E-state index in [1.54, 1.807) is 11.3 Å². The summed E-state index contributed by atoms with van der Waals surface area (Å²) in [6.07, 6.45) is 0.402. The lowest BCUT2D eigenvalue weighted by atomic mass is 10.2. The highest BCUT2D eigenvalue weighted by Crippen LogP contribution is 2.26. The first-order chi connectivity index (χ1) is 5.65. The number of hydrogen-bond donors (Lipinski definition) is 1. The van der Waals surface area contributed by atoms with E-state index < -0.39 is 0 Å². The van der Waals surface area contributed by atoms with Crippen LogP contribution in [-0.2, 0) is 0 Å². The molecule has 0 aliphatic carbocycles. The molecule has 2 N–H and O–H groups in total. The minimum absolute atomic E-state index is 0.104. The smallest absolute Gasteiger partial charge is 0.0642 e. The first kappa shape index (κ1) is 9.24. The van der Waals surface area contributed by atoms with Gasteiger partial charge in [-0.25, -0.2) is 0 Å². The van der Waals surface area contributed by atoms with Crippen molar-refractivity contribution in [3.05, 3.63) is 21.4 Å². The van der Waals surface area contributed by atoms with Crippen LogP contribution in [0.4, 0.5) is 0 Å². The van der Waals surface area contributed by atoms with Gasteiger partial charge in [-0.2, -0.15) is 5.26 Å². The van der Waals surface area contributed by atoms with Gasteiger partial charge >= 0.3 is 0 Å². The van der Waals surface area contributed by atoms with Crippen molar-refractivity contribution in [3.63, 3.8) is 0 Å². The summed E-state index contributed by atoms with van der Waals surface area (Å²) in [5.74, 6) is 0. The van der Waals surface area contributed by atoms with E-state index in [1.807, 2.05) is 0 Å². The summed E-state index contributed by atoms with van der Waals surface area (Å²) in [5, 5.41) is 8.45. The number of nitrogens with two attached hydrogens (primary N) is 1. The maximum atomic E-state index is 8.45. The van der Waals surface area contributed by atoms with Gasteiger partial charge in [0, 0.05) is 9.75 Å². The number of aryl methyl sites for hydroxylation is 2. The summed E-state index contributed by atoms with van der Waals surface area (Å²) in [5.41, 5.74) is 7.04. The fourth-order valence-electron chi connectivity index (χ4n) is 0.983. The van der Waals surface area contributed by atoms with Crippen molar-refractivity contribution in [1.82, 2.24) is 0 Å². The minimum Gasteiger partial charge on any atom is -0.322 e. The predicted molar refractivity (Wildman–Crippen MR) is 51.0 cm³/mol. The maximum absolute atomic E-state index is 8.45. The first-order valence-corrected chi connectivity index (χ1v) is 4.66. The number of rotatable bonds is 2. The topological polar surface area (TPSA) is 49.8 Å².